The lowest BCUT2D eigenvalue weighted by atomic mass is 9.82. The minimum atomic E-state index is -0.254. The van der Waals surface area contributed by atoms with Gasteiger partial charge in [0.05, 0.1) is 23.6 Å². The van der Waals surface area contributed by atoms with E-state index in [1.807, 2.05) is 6.92 Å². The van der Waals surface area contributed by atoms with Crippen molar-refractivity contribution in [1.29, 1.82) is 0 Å². The van der Waals surface area contributed by atoms with E-state index in [4.69, 9.17) is 4.74 Å². The molecule has 0 bridgehead atoms. The van der Waals surface area contributed by atoms with Gasteiger partial charge in [-0.05, 0) is 56.9 Å². The molecule has 2 saturated heterocycles. The molecule has 3 atom stereocenters. The Morgan fingerprint density at radius 1 is 1.19 bits per heavy atom. The number of fused-ring (bicyclic) bond motifs is 1. The first-order valence-electron chi connectivity index (χ1n) is 9.58. The van der Waals surface area contributed by atoms with Crippen LogP contribution in [0, 0.1) is 11.8 Å². The van der Waals surface area contributed by atoms with Gasteiger partial charge in [-0.1, -0.05) is 11.6 Å². The summed E-state index contributed by atoms with van der Waals surface area (Å²) >= 11 is 0. The van der Waals surface area contributed by atoms with Gasteiger partial charge in [0.25, 0.3) is 5.91 Å². The molecule has 1 N–H and O–H groups in total. The summed E-state index contributed by atoms with van der Waals surface area (Å²) in [6.45, 7) is 3.25. The molecule has 3 amide bonds. The highest BCUT2D eigenvalue weighted by Crippen LogP contribution is 2.39. The molecule has 0 aromatic heterocycles. The van der Waals surface area contributed by atoms with Crippen molar-refractivity contribution in [3.63, 3.8) is 0 Å². The molecule has 27 heavy (non-hydrogen) atoms. The average molecular weight is 368 g/mol. The Morgan fingerprint density at radius 3 is 2.63 bits per heavy atom. The number of amides is 3. The number of imide groups is 1. The number of hydrogen-bond acceptors (Lipinski definition) is 4. The number of ether oxygens (including phenoxy) is 1. The monoisotopic (exact) mass is 368 g/mol. The fraction of sp³-hybridized carbons (Fsp3) is 0.476. The summed E-state index contributed by atoms with van der Waals surface area (Å²) in [6, 6.07) is 6.67. The number of nitrogens with zero attached hydrogens (tertiary/aromatic N) is 1. The summed E-state index contributed by atoms with van der Waals surface area (Å²) in [7, 11) is 0. The second-order valence-corrected chi connectivity index (χ2v) is 7.61. The molecule has 1 aromatic carbocycles. The summed E-state index contributed by atoms with van der Waals surface area (Å²) in [5, 5.41) is 2.87. The number of rotatable bonds is 4. The first kappa shape index (κ1) is 17.9. The van der Waals surface area contributed by atoms with Crippen molar-refractivity contribution in [1.82, 2.24) is 5.32 Å². The first-order valence-corrected chi connectivity index (χ1v) is 9.58. The second kappa shape index (κ2) is 7.27. The van der Waals surface area contributed by atoms with Gasteiger partial charge in [0, 0.05) is 18.7 Å². The quantitative estimate of drug-likeness (QED) is 0.654. The number of carbonyl (C=O) groups excluding carboxylic acids is 3. The summed E-state index contributed by atoms with van der Waals surface area (Å²) in [5.74, 6) is -0.950. The largest absolute Gasteiger partial charge is 0.376 e. The van der Waals surface area contributed by atoms with Crippen molar-refractivity contribution in [2.75, 3.05) is 18.1 Å². The Hall–Kier alpha value is -2.47. The van der Waals surface area contributed by atoms with Crippen molar-refractivity contribution in [2.24, 2.45) is 11.8 Å². The topological polar surface area (TPSA) is 75.7 Å². The van der Waals surface area contributed by atoms with Gasteiger partial charge in [0.1, 0.15) is 0 Å². The summed E-state index contributed by atoms with van der Waals surface area (Å²) < 4.78 is 5.50. The molecule has 2 heterocycles. The maximum atomic E-state index is 12.7. The van der Waals surface area contributed by atoms with Gasteiger partial charge in [-0.3, -0.25) is 19.3 Å². The van der Waals surface area contributed by atoms with E-state index in [0.717, 1.165) is 25.0 Å². The first-order chi connectivity index (χ1) is 13.0. The lowest BCUT2D eigenvalue weighted by Crippen LogP contribution is -2.32. The second-order valence-electron chi connectivity index (χ2n) is 7.61. The van der Waals surface area contributed by atoms with Crippen LogP contribution in [0.3, 0.4) is 0 Å². The lowest BCUT2D eigenvalue weighted by molar-refractivity contribution is -0.122. The Kier molecular flexibility index (Phi) is 4.83. The van der Waals surface area contributed by atoms with Gasteiger partial charge >= 0.3 is 0 Å². The maximum Gasteiger partial charge on any atom is 0.251 e. The van der Waals surface area contributed by atoms with E-state index in [2.05, 4.69) is 11.4 Å². The van der Waals surface area contributed by atoms with Crippen LogP contribution in [0.25, 0.3) is 0 Å². The Morgan fingerprint density at radius 2 is 1.93 bits per heavy atom. The summed E-state index contributed by atoms with van der Waals surface area (Å²) in [6.07, 6.45) is 5.42. The molecule has 0 saturated carbocycles. The number of nitrogens with one attached hydrogen (secondary N) is 1. The van der Waals surface area contributed by atoms with E-state index in [0.29, 0.717) is 30.6 Å². The molecular formula is C21H24N2O4. The van der Waals surface area contributed by atoms with E-state index in [1.165, 1.54) is 4.90 Å². The summed E-state index contributed by atoms with van der Waals surface area (Å²) in [5.41, 5.74) is 2.20. The molecule has 2 fully saturated rings. The predicted molar refractivity (Wildman–Crippen MR) is 100 cm³/mol. The zero-order valence-electron chi connectivity index (χ0n) is 15.4. The van der Waals surface area contributed by atoms with Gasteiger partial charge in [0.2, 0.25) is 11.8 Å². The minimum absolute atomic E-state index is 0.0912. The molecule has 1 aromatic rings. The molecule has 142 valence electrons. The van der Waals surface area contributed by atoms with Crippen molar-refractivity contribution in [2.45, 2.75) is 38.7 Å². The molecule has 3 aliphatic rings. The van der Waals surface area contributed by atoms with Crippen molar-refractivity contribution in [3.8, 4) is 0 Å². The van der Waals surface area contributed by atoms with E-state index in [-0.39, 0.29) is 35.7 Å². The zero-order valence-corrected chi connectivity index (χ0v) is 15.4. The molecular weight excluding hydrogens is 344 g/mol. The van der Waals surface area contributed by atoms with Gasteiger partial charge < -0.3 is 10.1 Å². The van der Waals surface area contributed by atoms with Gasteiger partial charge in [-0.2, -0.15) is 0 Å². The third-order valence-electron chi connectivity index (χ3n) is 5.72. The van der Waals surface area contributed by atoms with Crippen molar-refractivity contribution >= 4 is 23.4 Å². The van der Waals surface area contributed by atoms with Crippen molar-refractivity contribution < 1.29 is 19.1 Å². The number of anilines is 1. The molecule has 6 heteroatoms. The fourth-order valence-electron chi connectivity index (χ4n) is 4.17. The molecule has 0 spiro atoms. The van der Waals surface area contributed by atoms with Gasteiger partial charge in [-0.15, -0.1) is 0 Å². The van der Waals surface area contributed by atoms with Crippen LogP contribution in [-0.4, -0.2) is 37.0 Å². The van der Waals surface area contributed by atoms with E-state index in [9.17, 15) is 14.4 Å². The van der Waals surface area contributed by atoms with Crippen LogP contribution in [0.4, 0.5) is 5.69 Å². The van der Waals surface area contributed by atoms with Crippen LogP contribution >= 0.6 is 0 Å². The maximum absolute atomic E-state index is 12.7. The van der Waals surface area contributed by atoms with E-state index in [1.54, 1.807) is 24.3 Å². The highest BCUT2D eigenvalue weighted by atomic mass is 16.5. The Bertz CT molecular complexity index is 793. The SMILES string of the molecule is CC1=CC[C@@H]2C(=O)N(c3ccc(C(=O)NC[C@@H]4CCCO4)cc3)C(=O)[C@H]2C1. The predicted octanol–water partition coefficient (Wildman–Crippen LogP) is 2.44. The summed E-state index contributed by atoms with van der Waals surface area (Å²) in [4.78, 5) is 39.0. The fourth-order valence-corrected chi connectivity index (χ4v) is 4.17. The van der Waals surface area contributed by atoms with Crippen LogP contribution in [0.5, 0.6) is 0 Å². The smallest absolute Gasteiger partial charge is 0.251 e. The molecule has 0 unspecified atom stereocenters. The Balaban J connectivity index is 1.43. The molecule has 2 aliphatic heterocycles. The normalized spacial score (nSPS) is 27.5. The van der Waals surface area contributed by atoms with Crippen LogP contribution in [-0.2, 0) is 14.3 Å². The molecule has 1 aliphatic carbocycles. The third kappa shape index (κ3) is 3.41. The number of allylic oxidation sites excluding steroid dienone is 2. The minimum Gasteiger partial charge on any atom is -0.376 e. The highest BCUT2D eigenvalue weighted by molar-refractivity contribution is 6.22. The third-order valence-corrected chi connectivity index (χ3v) is 5.72. The number of hydrogen-bond donors (Lipinski definition) is 1. The molecule has 6 nitrogen and oxygen atoms in total. The average Bonchev–Trinajstić information content (AvgIpc) is 3.27. The molecule has 4 rings (SSSR count). The molecule has 0 radical (unpaired) electrons. The number of benzene rings is 1. The van der Waals surface area contributed by atoms with Gasteiger partial charge in [-0.25, -0.2) is 0 Å². The van der Waals surface area contributed by atoms with E-state index < -0.39 is 0 Å². The highest BCUT2D eigenvalue weighted by Gasteiger charge is 2.48. The standard InChI is InChI=1S/C21H24N2O4/c1-13-4-9-17-18(11-13)21(26)23(20(17)25)15-7-5-14(6-8-15)19(24)22-12-16-3-2-10-27-16/h4-8,16-18H,2-3,9-12H2,1H3,(H,22,24)/t16-,17-,18-/m0/s1. The van der Waals surface area contributed by atoms with Crippen LogP contribution in [0.2, 0.25) is 0 Å². The van der Waals surface area contributed by atoms with Crippen LogP contribution < -0.4 is 10.2 Å². The van der Waals surface area contributed by atoms with E-state index >= 15 is 0 Å². The number of carbonyl (C=O) groups is 3. The zero-order chi connectivity index (χ0) is 19.0. The van der Waals surface area contributed by atoms with Crippen LogP contribution in [0.15, 0.2) is 35.9 Å². The van der Waals surface area contributed by atoms with Gasteiger partial charge in [0.15, 0.2) is 0 Å². The van der Waals surface area contributed by atoms with Crippen molar-refractivity contribution in [3.05, 3.63) is 41.5 Å². The van der Waals surface area contributed by atoms with Crippen LogP contribution in [0.1, 0.15) is 43.0 Å². The lowest BCUT2D eigenvalue weighted by Gasteiger charge is -2.18. The Labute approximate surface area is 158 Å².